The van der Waals surface area contributed by atoms with Crippen molar-refractivity contribution in [2.24, 2.45) is 5.92 Å². The molecule has 0 heterocycles. The van der Waals surface area contributed by atoms with E-state index >= 15 is 0 Å². The van der Waals surface area contributed by atoms with E-state index in [9.17, 15) is 8.42 Å². The first-order chi connectivity index (χ1) is 13.3. The third kappa shape index (κ3) is 6.17. The fourth-order valence-electron chi connectivity index (χ4n) is 2.82. The van der Waals surface area contributed by atoms with Crippen LogP contribution in [0.3, 0.4) is 0 Å². The first kappa shape index (κ1) is 21.6. The number of hydrogen-bond acceptors (Lipinski definition) is 4. The van der Waals surface area contributed by atoms with Crippen LogP contribution in [0.15, 0.2) is 53.4 Å². The summed E-state index contributed by atoms with van der Waals surface area (Å²) < 4.78 is 34.2. The van der Waals surface area contributed by atoms with Gasteiger partial charge in [-0.25, -0.2) is 13.1 Å². The van der Waals surface area contributed by atoms with Crippen LogP contribution in [0.5, 0.6) is 0 Å². The lowest BCUT2D eigenvalue weighted by molar-refractivity contribution is 0.0336. The lowest BCUT2D eigenvalue weighted by Crippen LogP contribution is -2.37. The van der Waals surface area contributed by atoms with Gasteiger partial charge in [0.15, 0.2) is 0 Å². The molecule has 0 radical (unpaired) electrons. The summed E-state index contributed by atoms with van der Waals surface area (Å²) >= 11 is 12.2. The second-order valence-corrected chi connectivity index (χ2v) is 9.67. The van der Waals surface area contributed by atoms with Crippen molar-refractivity contribution in [3.8, 4) is 0 Å². The van der Waals surface area contributed by atoms with E-state index in [4.69, 9.17) is 27.9 Å². The monoisotopic (exact) mass is 442 g/mol. The highest BCUT2D eigenvalue weighted by Crippen LogP contribution is 2.29. The van der Waals surface area contributed by atoms with Gasteiger partial charge in [-0.15, -0.1) is 0 Å². The maximum atomic E-state index is 12.8. The maximum Gasteiger partial charge on any atom is 0.241 e. The molecule has 0 saturated heterocycles. The summed E-state index contributed by atoms with van der Waals surface area (Å²) in [7, 11) is -1.80. The summed E-state index contributed by atoms with van der Waals surface area (Å²) in [5.41, 5.74) is 0.739. The van der Waals surface area contributed by atoms with Gasteiger partial charge in [0.25, 0.3) is 0 Å². The highest BCUT2D eigenvalue weighted by atomic mass is 35.5. The molecule has 1 fully saturated rings. The molecule has 1 unspecified atom stereocenters. The minimum absolute atomic E-state index is 0.215. The van der Waals surface area contributed by atoms with E-state index in [1.807, 2.05) is 11.9 Å². The largest absolute Gasteiger partial charge is 0.366 e. The van der Waals surface area contributed by atoms with Crippen LogP contribution in [0.4, 0.5) is 0 Å². The fraction of sp³-hybridized carbons (Fsp3) is 0.400. The molecule has 0 amide bonds. The molecule has 5 nitrogen and oxygen atoms in total. The molecule has 2 aromatic rings. The van der Waals surface area contributed by atoms with Crippen molar-refractivity contribution in [1.29, 1.82) is 0 Å². The first-order valence-corrected chi connectivity index (χ1v) is 11.4. The Labute approximate surface area is 176 Å². The smallest absolute Gasteiger partial charge is 0.241 e. The molecule has 0 aromatic heterocycles. The lowest BCUT2D eigenvalue weighted by atomic mass is 10.1. The minimum Gasteiger partial charge on any atom is -0.366 e. The zero-order chi connectivity index (χ0) is 20.1. The van der Waals surface area contributed by atoms with Crippen LogP contribution in [-0.2, 0) is 14.8 Å². The summed E-state index contributed by atoms with van der Waals surface area (Å²) in [5, 5.41) is 0.812. The van der Waals surface area contributed by atoms with Crippen LogP contribution in [-0.4, -0.2) is 40.2 Å². The van der Waals surface area contributed by atoms with Crippen molar-refractivity contribution >= 4 is 33.2 Å². The Hall–Kier alpha value is -1.15. The molecule has 3 rings (SSSR count). The van der Waals surface area contributed by atoms with Crippen molar-refractivity contribution in [3.05, 3.63) is 64.1 Å². The highest BCUT2D eigenvalue weighted by molar-refractivity contribution is 7.89. The molecule has 1 aliphatic rings. The molecule has 8 heteroatoms. The van der Waals surface area contributed by atoms with Crippen LogP contribution < -0.4 is 4.72 Å². The van der Waals surface area contributed by atoms with E-state index < -0.39 is 16.1 Å². The van der Waals surface area contributed by atoms with Crippen molar-refractivity contribution in [3.63, 3.8) is 0 Å². The van der Waals surface area contributed by atoms with E-state index in [0.29, 0.717) is 29.2 Å². The zero-order valence-corrected chi connectivity index (χ0v) is 18.0. The van der Waals surface area contributed by atoms with Gasteiger partial charge in [0.05, 0.1) is 34.3 Å². The standard InChI is InChI=1S/C20H24Cl2N2O3S/c1-24(14-27-13-15-7-8-15)12-20(16-9-10-18(21)19(22)11-16)23-28(25,26)17-5-3-2-4-6-17/h2-6,9-11,15,20,23H,7-8,12-14H2,1H3. The third-order valence-electron chi connectivity index (χ3n) is 4.55. The number of benzene rings is 2. The number of rotatable bonds is 10. The molecule has 1 N–H and O–H groups in total. The van der Waals surface area contributed by atoms with Gasteiger partial charge in [-0.1, -0.05) is 47.5 Å². The Bertz CT molecular complexity index is 890. The number of ether oxygens (including phenoxy) is 1. The van der Waals surface area contributed by atoms with Crippen LogP contribution >= 0.6 is 23.2 Å². The number of hydrogen-bond donors (Lipinski definition) is 1. The number of nitrogens with one attached hydrogen (secondary N) is 1. The molecule has 152 valence electrons. The van der Waals surface area contributed by atoms with Crippen molar-refractivity contribution in [2.75, 3.05) is 26.9 Å². The van der Waals surface area contributed by atoms with Crippen molar-refractivity contribution in [2.45, 2.75) is 23.8 Å². The van der Waals surface area contributed by atoms with E-state index in [1.54, 1.807) is 48.5 Å². The van der Waals surface area contributed by atoms with Gasteiger partial charge in [0, 0.05) is 6.54 Å². The zero-order valence-electron chi connectivity index (χ0n) is 15.6. The van der Waals surface area contributed by atoms with E-state index in [1.165, 1.54) is 12.8 Å². The summed E-state index contributed by atoms with van der Waals surface area (Å²) in [5.74, 6) is 0.677. The molecule has 28 heavy (non-hydrogen) atoms. The molecule has 2 aromatic carbocycles. The molecule has 0 spiro atoms. The fourth-order valence-corrected chi connectivity index (χ4v) is 4.36. The molecule has 1 atom stereocenters. The maximum absolute atomic E-state index is 12.8. The van der Waals surface area contributed by atoms with E-state index in [-0.39, 0.29) is 4.90 Å². The average molecular weight is 443 g/mol. The van der Waals surface area contributed by atoms with E-state index in [2.05, 4.69) is 4.72 Å². The Balaban J connectivity index is 1.76. The average Bonchev–Trinajstić information content (AvgIpc) is 3.48. The Morgan fingerprint density at radius 2 is 1.86 bits per heavy atom. The topological polar surface area (TPSA) is 58.6 Å². The van der Waals surface area contributed by atoms with Gasteiger partial charge >= 0.3 is 0 Å². The van der Waals surface area contributed by atoms with Crippen LogP contribution in [0.1, 0.15) is 24.4 Å². The second-order valence-electron chi connectivity index (χ2n) is 7.14. The number of nitrogens with zero attached hydrogens (tertiary/aromatic N) is 1. The predicted molar refractivity (Wildman–Crippen MR) is 112 cm³/mol. The predicted octanol–water partition coefficient (Wildman–Crippen LogP) is 4.33. The van der Waals surface area contributed by atoms with Gasteiger partial charge in [-0.3, -0.25) is 4.90 Å². The van der Waals surface area contributed by atoms with Crippen LogP contribution in [0.2, 0.25) is 10.0 Å². The quantitative estimate of drug-likeness (QED) is 0.556. The third-order valence-corrected chi connectivity index (χ3v) is 6.78. The number of sulfonamides is 1. The number of halogens is 2. The van der Waals surface area contributed by atoms with Gasteiger partial charge in [-0.2, -0.15) is 0 Å². The first-order valence-electron chi connectivity index (χ1n) is 9.14. The SMILES string of the molecule is CN(COCC1CC1)CC(NS(=O)(=O)c1ccccc1)c1ccc(Cl)c(Cl)c1. The Morgan fingerprint density at radius 3 is 2.50 bits per heavy atom. The summed E-state index contributed by atoms with van der Waals surface area (Å²) in [6.07, 6.45) is 2.46. The second kappa shape index (κ2) is 9.57. The van der Waals surface area contributed by atoms with E-state index in [0.717, 1.165) is 12.2 Å². The molecule has 0 aliphatic heterocycles. The molecule has 1 saturated carbocycles. The van der Waals surface area contributed by atoms with Gasteiger partial charge < -0.3 is 4.74 Å². The van der Waals surface area contributed by atoms with Crippen molar-refractivity contribution < 1.29 is 13.2 Å². The van der Waals surface area contributed by atoms with Gasteiger partial charge in [0.1, 0.15) is 0 Å². The number of likely N-dealkylation sites (N-methyl/N-ethyl adjacent to an activating group) is 1. The summed E-state index contributed by atoms with van der Waals surface area (Å²) in [4.78, 5) is 2.16. The Morgan fingerprint density at radius 1 is 1.14 bits per heavy atom. The Kier molecular flexibility index (Phi) is 7.36. The van der Waals surface area contributed by atoms with Crippen molar-refractivity contribution in [1.82, 2.24) is 9.62 Å². The molecule has 1 aliphatic carbocycles. The van der Waals surface area contributed by atoms with Crippen LogP contribution in [0.25, 0.3) is 0 Å². The minimum atomic E-state index is -3.69. The molecular formula is C20H24Cl2N2O3S. The summed E-state index contributed by atoms with van der Waals surface area (Å²) in [6.45, 7) is 1.60. The molecular weight excluding hydrogens is 419 g/mol. The normalized spacial score (nSPS) is 15.7. The lowest BCUT2D eigenvalue weighted by Gasteiger charge is -2.25. The van der Waals surface area contributed by atoms with Gasteiger partial charge in [0.2, 0.25) is 10.0 Å². The summed E-state index contributed by atoms with van der Waals surface area (Å²) in [6, 6.07) is 12.9. The van der Waals surface area contributed by atoms with Crippen LogP contribution in [0, 0.1) is 5.92 Å². The highest BCUT2D eigenvalue weighted by Gasteiger charge is 2.24. The van der Waals surface area contributed by atoms with Gasteiger partial charge in [-0.05, 0) is 55.6 Å². The molecule has 0 bridgehead atoms.